The lowest BCUT2D eigenvalue weighted by atomic mass is 10.3. The molecule has 51 valence electrons. The first kappa shape index (κ1) is 7.02. The number of rotatable bonds is 1. The van der Waals surface area contributed by atoms with Gasteiger partial charge in [0.25, 0.3) is 5.91 Å². The lowest BCUT2D eigenvalue weighted by Gasteiger charge is -1.91. The van der Waals surface area contributed by atoms with E-state index in [0.717, 1.165) is 0 Å². The van der Waals surface area contributed by atoms with Crippen LogP contribution in [0.15, 0.2) is 18.2 Å². The van der Waals surface area contributed by atoms with Crippen LogP contribution in [0.5, 0.6) is 0 Å². The molecule has 10 heavy (non-hydrogen) atoms. The maximum Gasteiger partial charge on any atom is 0.288 e. The van der Waals surface area contributed by atoms with E-state index in [1.165, 1.54) is 6.07 Å². The molecule has 0 aliphatic rings. The van der Waals surface area contributed by atoms with Crippen molar-refractivity contribution in [3.63, 3.8) is 0 Å². The van der Waals surface area contributed by atoms with Gasteiger partial charge in [-0.3, -0.25) is 10.5 Å². The van der Waals surface area contributed by atoms with Crippen molar-refractivity contribution < 1.29 is 4.79 Å². The van der Waals surface area contributed by atoms with Crippen molar-refractivity contribution in [1.82, 2.24) is 10.7 Å². The number of pyridine rings is 1. The number of carbonyl (C=O) groups excluding carboxylic acids is 1. The molecule has 1 aromatic heterocycles. The molecule has 0 unspecified atom stereocenters. The van der Waals surface area contributed by atoms with Gasteiger partial charge in [0.1, 0.15) is 10.8 Å². The number of nitrogens with zero attached hydrogens (tertiary/aromatic N) is 1. The summed E-state index contributed by atoms with van der Waals surface area (Å²) in [5, 5.41) is 0.234. The number of carbonyl (C=O) groups is 1. The topological polar surface area (TPSA) is 53.8 Å². The Kier molecular flexibility index (Phi) is 1.87. The van der Waals surface area contributed by atoms with E-state index in [1.807, 2.05) is 0 Å². The van der Waals surface area contributed by atoms with Gasteiger partial charge in [-0.1, -0.05) is 17.7 Å². The summed E-state index contributed by atoms with van der Waals surface area (Å²) >= 11 is 5.44. The van der Waals surface area contributed by atoms with Crippen LogP contribution in [-0.2, 0) is 0 Å². The molecule has 1 rings (SSSR count). The summed E-state index contributed by atoms with van der Waals surface area (Å²) in [6.45, 7) is 0. The number of aromatic nitrogens is 1. The Morgan fingerprint density at radius 1 is 1.60 bits per heavy atom. The Morgan fingerprint density at radius 2 is 2.30 bits per heavy atom. The van der Waals surface area contributed by atoms with E-state index in [1.54, 1.807) is 12.1 Å². The molecule has 0 spiro atoms. The molecule has 0 bridgehead atoms. The highest BCUT2D eigenvalue weighted by Crippen LogP contribution is 2.03. The molecule has 0 aliphatic heterocycles. The minimum Gasteiger partial charge on any atom is -0.266 e. The third-order valence-corrected chi connectivity index (χ3v) is 1.16. The molecular weight excluding hydrogens is 152 g/mol. The minimum absolute atomic E-state index is 0.0764. The average Bonchev–Trinajstić information content (AvgIpc) is 1.88. The van der Waals surface area contributed by atoms with Crippen LogP contribution in [0.25, 0.3) is 0 Å². The van der Waals surface area contributed by atoms with Crippen molar-refractivity contribution in [2.75, 3.05) is 0 Å². The molecule has 1 N–H and O–H groups in total. The van der Waals surface area contributed by atoms with Crippen molar-refractivity contribution in [1.29, 1.82) is 0 Å². The third-order valence-electron chi connectivity index (χ3n) is 0.948. The zero-order chi connectivity index (χ0) is 7.56. The second-order valence-corrected chi connectivity index (χ2v) is 2.06. The van der Waals surface area contributed by atoms with Gasteiger partial charge in [-0.15, -0.1) is 0 Å². The summed E-state index contributed by atoms with van der Waals surface area (Å²) in [6, 6.07) is 4.58. The first-order valence-corrected chi connectivity index (χ1v) is 2.96. The first-order chi connectivity index (χ1) is 4.70. The summed E-state index contributed by atoms with van der Waals surface area (Å²) in [5.74, 6) is -0.817. The maximum atomic E-state index is 10.3. The Morgan fingerprint density at radius 3 is 2.70 bits per heavy atom. The molecule has 0 saturated carbocycles. The van der Waals surface area contributed by atoms with Gasteiger partial charge < -0.3 is 0 Å². The fourth-order valence-corrected chi connectivity index (χ4v) is 0.699. The van der Waals surface area contributed by atoms with Crippen LogP contribution in [0.3, 0.4) is 0 Å². The van der Waals surface area contributed by atoms with Crippen molar-refractivity contribution in [2.24, 2.45) is 0 Å². The van der Waals surface area contributed by atoms with Crippen molar-refractivity contribution in [3.05, 3.63) is 29.0 Å². The predicted molar refractivity (Wildman–Crippen MR) is 36.7 cm³/mol. The Bertz CT molecular complexity index is 262. The summed E-state index contributed by atoms with van der Waals surface area (Å²) in [4.78, 5) is 13.9. The molecule has 1 heterocycles. The molecule has 0 saturated heterocycles. The van der Waals surface area contributed by atoms with Gasteiger partial charge in [0.2, 0.25) is 0 Å². The van der Waals surface area contributed by atoms with E-state index in [2.05, 4.69) is 4.98 Å². The average molecular weight is 156 g/mol. The van der Waals surface area contributed by atoms with Gasteiger partial charge in [-0.05, 0) is 12.1 Å². The molecular formula is C6H4ClN2O. The molecule has 0 fully saturated rings. The number of hydrogen-bond donors (Lipinski definition) is 0. The zero-order valence-electron chi connectivity index (χ0n) is 4.97. The first-order valence-electron chi connectivity index (χ1n) is 2.58. The smallest absolute Gasteiger partial charge is 0.266 e. The van der Waals surface area contributed by atoms with E-state index in [9.17, 15) is 4.79 Å². The number of halogens is 1. The fraction of sp³-hybridized carbons (Fsp3) is 0. The normalized spacial score (nSPS) is 9.30. The summed E-state index contributed by atoms with van der Waals surface area (Å²) in [7, 11) is 0. The van der Waals surface area contributed by atoms with Gasteiger partial charge in [0.15, 0.2) is 0 Å². The number of amides is 1. The van der Waals surface area contributed by atoms with E-state index < -0.39 is 5.91 Å². The molecule has 1 amide bonds. The van der Waals surface area contributed by atoms with Crippen LogP contribution in [0.2, 0.25) is 5.15 Å². The van der Waals surface area contributed by atoms with Crippen molar-refractivity contribution in [2.45, 2.75) is 0 Å². The molecule has 0 atom stereocenters. The second kappa shape index (κ2) is 2.66. The minimum atomic E-state index is -0.817. The molecule has 4 heteroatoms. The third kappa shape index (κ3) is 1.45. The van der Waals surface area contributed by atoms with Gasteiger partial charge >= 0.3 is 0 Å². The van der Waals surface area contributed by atoms with E-state index in [-0.39, 0.29) is 10.8 Å². The largest absolute Gasteiger partial charge is 0.288 e. The molecule has 0 aliphatic carbocycles. The van der Waals surface area contributed by atoms with E-state index in [4.69, 9.17) is 17.3 Å². The standard InChI is InChI=1S/C6H4ClN2O/c7-5-3-1-2-4(9-5)6(8)10/h1-3,8H. The van der Waals surface area contributed by atoms with Gasteiger partial charge in [-0.2, -0.15) is 0 Å². The molecule has 1 radical (unpaired) electrons. The number of nitrogens with one attached hydrogen (secondary N) is 1. The predicted octanol–water partition coefficient (Wildman–Crippen LogP) is 1.16. The van der Waals surface area contributed by atoms with Crippen LogP contribution in [0.1, 0.15) is 10.5 Å². The molecule has 0 aromatic carbocycles. The molecule has 1 aromatic rings. The Labute approximate surface area is 62.8 Å². The second-order valence-electron chi connectivity index (χ2n) is 1.67. The van der Waals surface area contributed by atoms with E-state index in [0.29, 0.717) is 0 Å². The summed E-state index contributed by atoms with van der Waals surface area (Å²) in [5.41, 5.74) is 6.73. The SMILES string of the molecule is [NH]C(=O)c1cccc(Cl)n1. The Balaban J connectivity index is 3.07. The summed E-state index contributed by atoms with van der Waals surface area (Å²) in [6.07, 6.45) is 0. The quantitative estimate of drug-likeness (QED) is 0.572. The highest BCUT2D eigenvalue weighted by atomic mass is 35.5. The zero-order valence-corrected chi connectivity index (χ0v) is 5.72. The van der Waals surface area contributed by atoms with Gasteiger partial charge in [-0.25, -0.2) is 4.98 Å². The van der Waals surface area contributed by atoms with Crippen LogP contribution in [-0.4, -0.2) is 10.9 Å². The monoisotopic (exact) mass is 155 g/mol. The lowest BCUT2D eigenvalue weighted by Crippen LogP contribution is -2.01. The highest BCUT2D eigenvalue weighted by Gasteiger charge is 2.00. The fourth-order valence-electron chi connectivity index (χ4n) is 0.535. The van der Waals surface area contributed by atoms with Crippen LogP contribution in [0, 0.1) is 0 Å². The van der Waals surface area contributed by atoms with E-state index >= 15 is 0 Å². The van der Waals surface area contributed by atoms with Gasteiger partial charge in [0, 0.05) is 0 Å². The Hall–Kier alpha value is -1.09. The molecule has 3 nitrogen and oxygen atoms in total. The summed E-state index contributed by atoms with van der Waals surface area (Å²) < 4.78 is 0. The van der Waals surface area contributed by atoms with Crippen LogP contribution >= 0.6 is 11.6 Å². The lowest BCUT2D eigenvalue weighted by molar-refractivity contribution is 0.0987. The van der Waals surface area contributed by atoms with Gasteiger partial charge in [0.05, 0.1) is 0 Å². The van der Waals surface area contributed by atoms with Crippen molar-refractivity contribution >= 4 is 17.5 Å². The van der Waals surface area contributed by atoms with Crippen LogP contribution < -0.4 is 5.73 Å². The van der Waals surface area contributed by atoms with Crippen LogP contribution in [0.4, 0.5) is 0 Å². The number of hydrogen-bond acceptors (Lipinski definition) is 2. The van der Waals surface area contributed by atoms with Crippen molar-refractivity contribution in [3.8, 4) is 0 Å². The highest BCUT2D eigenvalue weighted by molar-refractivity contribution is 6.29. The maximum absolute atomic E-state index is 10.3.